The first-order valence-corrected chi connectivity index (χ1v) is 7.58. The molecular formula is C15H32N2O. The average molecular weight is 256 g/mol. The quantitative estimate of drug-likeness (QED) is 0.701. The van der Waals surface area contributed by atoms with Crippen LogP contribution < -0.4 is 5.73 Å². The lowest BCUT2D eigenvalue weighted by Crippen LogP contribution is -2.45. The van der Waals surface area contributed by atoms with Crippen LogP contribution >= 0.6 is 0 Å². The summed E-state index contributed by atoms with van der Waals surface area (Å²) >= 11 is 0. The van der Waals surface area contributed by atoms with Crippen LogP contribution in [0.15, 0.2) is 0 Å². The smallest absolute Gasteiger partial charge is 0.0608 e. The van der Waals surface area contributed by atoms with Gasteiger partial charge < -0.3 is 15.7 Å². The van der Waals surface area contributed by atoms with E-state index in [1.54, 1.807) is 0 Å². The summed E-state index contributed by atoms with van der Waals surface area (Å²) in [6.07, 6.45) is 7.59. The molecule has 0 radical (unpaired) electrons. The first kappa shape index (κ1) is 15.9. The van der Waals surface area contributed by atoms with Crippen LogP contribution in [-0.4, -0.2) is 41.3 Å². The van der Waals surface area contributed by atoms with Crippen molar-refractivity contribution < 1.29 is 5.11 Å². The van der Waals surface area contributed by atoms with Crippen molar-refractivity contribution in [2.45, 2.75) is 70.9 Å². The lowest BCUT2D eigenvalue weighted by molar-refractivity contribution is 0.145. The van der Waals surface area contributed by atoms with Crippen LogP contribution in [-0.2, 0) is 0 Å². The molecule has 1 unspecified atom stereocenters. The number of aliphatic hydroxyl groups excluding tert-OH is 1. The van der Waals surface area contributed by atoms with E-state index < -0.39 is 5.54 Å². The Morgan fingerprint density at radius 3 is 2.39 bits per heavy atom. The molecule has 1 aliphatic carbocycles. The fourth-order valence-corrected chi connectivity index (χ4v) is 2.65. The molecule has 0 spiro atoms. The molecule has 0 bridgehead atoms. The minimum atomic E-state index is -0.422. The van der Waals surface area contributed by atoms with E-state index in [0.717, 1.165) is 24.9 Å². The highest BCUT2D eigenvalue weighted by Gasteiger charge is 2.25. The minimum absolute atomic E-state index is 0.0791. The van der Waals surface area contributed by atoms with Crippen LogP contribution in [0.25, 0.3) is 0 Å². The van der Waals surface area contributed by atoms with E-state index in [1.165, 1.54) is 38.6 Å². The highest BCUT2D eigenvalue weighted by atomic mass is 16.3. The Labute approximate surface area is 113 Å². The van der Waals surface area contributed by atoms with E-state index >= 15 is 0 Å². The number of nitrogens with two attached hydrogens (primary N) is 1. The van der Waals surface area contributed by atoms with Gasteiger partial charge >= 0.3 is 0 Å². The van der Waals surface area contributed by atoms with Crippen molar-refractivity contribution in [3.05, 3.63) is 0 Å². The molecule has 0 aromatic heterocycles. The maximum Gasteiger partial charge on any atom is 0.0608 e. The van der Waals surface area contributed by atoms with E-state index in [-0.39, 0.29) is 6.61 Å². The molecule has 1 saturated carbocycles. The maximum atomic E-state index is 9.25. The first-order valence-electron chi connectivity index (χ1n) is 7.58. The standard InChI is InChI=1S/C15H32N2O/c1-13(2)8-10-17(14-6-4-5-7-14)11-9-15(3,16)12-18/h13-14,18H,4-12,16H2,1-3H3. The molecule has 0 aliphatic heterocycles. The second-order valence-electron chi connectivity index (χ2n) is 6.72. The molecule has 0 aromatic carbocycles. The van der Waals surface area contributed by atoms with Crippen molar-refractivity contribution in [1.82, 2.24) is 4.90 Å². The van der Waals surface area contributed by atoms with Gasteiger partial charge in [0.05, 0.1) is 6.61 Å². The van der Waals surface area contributed by atoms with Crippen LogP contribution in [0.3, 0.4) is 0 Å². The van der Waals surface area contributed by atoms with Crippen LogP contribution in [0.1, 0.15) is 59.3 Å². The lowest BCUT2D eigenvalue weighted by Gasteiger charge is -2.32. The largest absolute Gasteiger partial charge is 0.394 e. The van der Waals surface area contributed by atoms with E-state index in [9.17, 15) is 5.11 Å². The molecule has 18 heavy (non-hydrogen) atoms. The molecule has 0 heterocycles. The third-order valence-electron chi connectivity index (χ3n) is 4.17. The van der Waals surface area contributed by atoms with Crippen LogP contribution in [0.2, 0.25) is 0 Å². The highest BCUT2D eigenvalue weighted by molar-refractivity contribution is 4.83. The van der Waals surface area contributed by atoms with Gasteiger partial charge in [-0.25, -0.2) is 0 Å². The topological polar surface area (TPSA) is 49.5 Å². The van der Waals surface area contributed by atoms with E-state index in [1.807, 2.05) is 6.92 Å². The predicted octanol–water partition coefficient (Wildman–Crippen LogP) is 2.38. The van der Waals surface area contributed by atoms with Crippen molar-refractivity contribution in [3.63, 3.8) is 0 Å². The summed E-state index contributed by atoms with van der Waals surface area (Å²) in [4.78, 5) is 2.62. The number of aliphatic hydroxyl groups is 1. The Morgan fingerprint density at radius 2 is 1.89 bits per heavy atom. The van der Waals surface area contributed by atoms with Crippen molar-refractivity contribution in [1.29, 1.82) is 0 Å². The Kier molecular flexibility index (Phi) is 6.61. The summed E-state index contributed by atoms with van der Waals surface area (Å²) in [7, 11) is 0. The maximum absolute atomic E-state index is 9.25. The third kappa shape index (κ3) is 5.68. The van der Waals surface area contributed by atoms with Gasteiger partial charge in [-0.3, -0.25) is 0 Å². The fourth-order valence-electron chi connectivity index (χ4n) is 2.65. The van der Waals surface area contributed by atoms with Crippen molar-refractivity contribution in [3.8, 4) is 0 Å². The summed E-state index contributed by atoms with van der Waals surface area (Å²) in [5.74, 6) is 0.760. The second-order valence-corrected chi connectivity index (χ2v) is 6.72. The van der Waals surface area contributed by atoms with Gasteiger partial charge in [-0.1, -0.05) is 26.7 Å². The molecular weight excluding hydrogens is 224 g/mol. The zero-order valence-electron chi connectivity index (χ0n) is 12.5. The lowest BCUT2D eigenvalue weighted by atomic mass is 9.99. The van der Waals surface area contributed by atoms with Gasteiger partial charge in [-0.05, 0) is 45.1 Å². The molecule has 3 N–H and O–H groups in total. The van der Waals surface area contributed by atoms with Gasteiger partial charge in [-0.15, -0.1) is 0 Å². The monoisotopic (exact) mass is 256 g/mol. The molecule has 3 nitrogen and oxygen atoms in total. The fraction of sp³-hybridized carbons (Fsp3) is 1.00. The van der Waals surface area contributed by atoms with Gasteiger partial charge in [0.2, 0.25) is 0 Å². The highest BCUT2D eigenvalue weighted by Crippen LogP contribution is 2.25. The number of hydrogen-bond donors (Lipinski definition) is 2. The second kappa shape index (κ2) is 7.46. The molecule has 0 saturated heterocycles. The number of nitrogens with zero attached hydrogens (tertiary/aromatic N) is 1. The van der Waals surface area contributed by atoms with Crippen LogP contribution in [0, 0.1) is 5.92 Å². The van der Waals surface area contributed by atoms with Gasteiger partial charge in [0.25, 0.3) is 0 Å². The molecule has 0 aromatic rings. The number of rotatable bonds is 8. The molecule has 3 heteroatoms. The molecule has 1 fully saturated rings. The summed E-state index contributed by atoms with van der Waals surface area (Å²) in [6, 6.07) is 0.762. The van der Waals surface area contributed by atoms with Gasteiger partial charge in [0, 0.05) is 18.1 Å². The summed E-state index contributed by atoms with van der Waals surface area (Å²) in [5, 5.41) is 9.25. The van der Waals surface area contributed by atoms with Crippen molar-refractivity contribution in [2.75, 3.05) is 19.7 Å². The van der Waals surface area contributed by atoms with Crippen LogP contribution in [0.5, 0.6) is 0 Å². The summed E-state index contributed by atoms with van der Waals surface area (Å²) in [6.45, 7) is 8.81. The minimum Gasteiger partial charge on any atom is -0.394 e. The van der Waals surface area contributed by atoms with Gasteiger partial charge in [-0.2, -0.15) is 0 Å². The number of hydrogen-bond acceptors (Lipinski definition) is 3. The zero-order valence-corrected chi connectivity index (χ0v) is 12.5. The molecule has 108 valence electrons. The molecule has 1 atom stereocenters. The van der Waals surface area contributed by atoms with Crippen molar-refractivity contribution >= 4 is 0 Å². The third-order valence-corrected chi connectivity index (χ3v) is 4.17. The Morgan fingerprint density at radius 1 is 1.28 bits per heavy atom. The Balaban J connectivity index is 2.43. The van der Waals surface area contributed by atoms with E-state index in [0.29, 0.717) is 0 Å². The summed E-state index contributed by atoms with van der Waals surface area (Å²) < 4.78 is 0. The first-order chi connectivity index (χ1) is 8.44. The average Bonchev–Trinajstić information content (AvgIpc) is 2.82. The van der Waals surface area contributed by atoms with Crippen molar-refractivity contribution in [2.24, 2.45) is 11.7 Å². The molecule has 1 rings (SSSR count). The summed E-state index contributed by atoms with van der Waals surface area (Å²) in [5.41, 5.74) is 5.62. The Bertz CT molecular complexity index is 223. The molecule has 0 amide bonds. The predicted molar refractivity (Wildman–Crippen MR) is 77.6 cm³/mol. The normalized spacial score (nSPS) is 20.8. The van der Waals surface area contributed by atoms with E-state index in [2.05, 4.69) is 18.7 Å². The Hall–Kier alpha value is -0.120. The zero-order chi connectivity index (χ0) is 13.6. The van der Waals surface area contributed by atoms with Gasteiger partial charge in [0.15, 0.2) is 0 Å². The van der Waals surface area contributed by atoms with Gasteiger partial charge in [0.1, 0.15) is 0 Å². The molecule has 1 aliphatic rings. The SMILES string of the molecule is CC(C)CCN(CCC(C)(N)CO)C1CCCC1. The van der Waals surface area contributed by atoms with E-state index in [4.69, 9.17) is 5.73 Å². The van der Waals surface area contributed by atoms with Crippen LogP contribution in [0.4, 0.5) is 0 Å².